The third kappa shape index (κ3) is 3.46. The molecule has 0 bridgehead atoms. The summed E-state index contributed by atoms with van der Waals surface area (Å²) in [7, 11) is 0. The van der Waals surface area contributed by atoms with Crippen molar-refractivity contribution in [2.24, 2.45) is 0 Å². The molecule has 0 radical (unpaired) electrons. The summed E-state index contributed by atoms with van der Waals surface area (Å²) in [6.07, 6.45) is -0.354. The van der Waals surface area contributed by atoms with Crippen molar-refractivity contribution in [3.8, 4) is 0 Å². The number of amides is 1. The van der Waals surface area contributed by atoms with Gasteiger partial charge in [-0.2, -0.15) is 0 Å². The van der Waals surface area contributed by atoms with Gasteiger partial charge in [-0.3, -0.25) is 4.57 Å². The van der Waals surface area contributed by atoms with Crippen molar-refractivity contribution in [1.29, 1.82) is 0 Å². The summed E-state index contributed by atoms with van der Waals surface area (Å²) < 4.78 is 27.0. The second kappa shape index (κ2) is 6.80. The fourth-order valence-corrected chi connectivity index (χ4v) is 3.57. The first-order chi connectivity index (χ1) is 13.2. The first-order valence-corrected chi connectivity index (χ1v) is 9.47. The number of nitrogens with one attached hydrogen (secondary N) is 1. The molecule has 152 valence electrons. The van der Waals surface area contributed by atoms with Gasteiger partial charge in [0.15, 0.2) is 0 Å². The Morgan fingerprint density at radius 1 is 1.21 bits per heavy atom. The maximum Gasteiger partial charge on any atom is 0.410 e. The highest BCUT2D eigenvalue weighted by atomic mass is 19.1. The lowest BCUT2D eigenvalue weighted by atomic mass is 10.2. The number of imidazole rings is 1. The number of hydrogen-bond donors (Lipinski definition) is 1. The summed E-state index contributed by atoms with van der Waals surface area (Å²) in [6.45, 7) is 8.32. The van der Waals surface area contributed by atoms with Crippen molar-refractivity contribution in [2.75, 3.05) is 44.3 Å². The summed E-state index contributed by atoms with van der Waals surface area (Å²) in [5.74, 6) is -0.392. The molecule has 1 amide bonds. The number of aromatic amines is 1. The molecule has 0 atom stereocenters. The van der Waals surface area contributed by atoms with E-state index in [-0.39, 0.29) is 17.8 Å². The van der Waals surface area contributed by atoms with E-state index in [2.05, 4.69) is 4.98 Å². The lowest BCUT2D eigenvalue weighted by molar-refractivity contribution is -0.0228. The predicted molar refractivity (Wildman–Crippen MR) is 102 cm³/mol. The molecular formula is C19H25FN4O4. The molecule has 0 spiro atoms. The van der Waals surface area contributed by atoms with Gasteiger partial charge in [-0.15, -0.1) is 0 Å². The van der Waals surface area contributed by atoms with Gasteiger partial charge in [0.2, 0.25) is 0 Å². The van der Waals surface area contributed by atoms with Crippen LogP contribution >= 0.6 is 0 Å². The van der Waals surface area contributed by atoms with Crippen molar-refractivity contribution in [3.05, 3.63) is 28.4 Å². The largest absolute Gasteiger partial charge is 0.444 e. The van der Waals surface area contributed by atoms with Crippen LogP contribution < -0.4 is 10.6 Å². The summed E-state index contributed by atoms with van der Waals surface area (Å²) in [5, 5.41) is 0. The van der Waals surface area contributed by atoms with Crippen LogP contribution in [0.5, 0.6) is 0 Å². The van der Waals surface area contributed by atoms with Crippen LogP contribution in [0.3, 0.4) is 0 Å². The number of piperazine rings is 1. The van der Waals surface area contributed by atoms with Crippen LogP contribution in [0.25, 0.3) is 11.0 Å². The third-order valence-electron chi connectivity index (χ3n) is 5.04. The number of ether oxygens (including phenoxy) is 2. The highest BCUT2D eigenvalue weighted by Crippen LogP contribution is 2.28. The molecule has 8 nitrogen and oxygen atoms in total. The first kappa shape index (κ1) is 18.8. The number of nitrogens with zero attached hydrogens (tertiary/aromatic N) is 3. The van der Waals surface area contributed by atoms with Gasteiger partial charge in [0.25, 0.3) is 0 Å². The number of benzene rings is 1. The Morgan fingerprint density at radius 2 is 1.89 bits per heavy atom. The average Bonchev–Trinajstić information content (AvgIpc) is 2.86. The van der Waals surface area contributed by atoms with Crippen LogP contribution in [0.4, 0.5) is 14.9 Å². The Hall–Kier alpha value is -2.55. The predicted octanol–water partition coefficient (Wildman–Crippen LogP) is 2.10. The molecular weight excluding hydrogens is 367 g/mol. The molecule has 3 heterocycles. The van der Waals surface area contributed by atoms with Gasteiger partial charge in [0, 0.05) is 32.2 Å². The normalized spacial score (nSPS) is 18.4. The molecule has 1 aromatic heterocycles. The van der Waals surface area contributed by atoms with Crippen LogP contribution in [0.1, 0.15) is 26.8 Å². The van der Waals surface area contributed by atoms with Gasteiger partial charge in [-0.1, -0.05) is 0 Å². The van der Waals surface area contributed by atoms with Gasteiger partial charge >= 0.3 is 11.8 Å². The van der Waals surface area contributed by atoms with Crippen LogP contribution in [0.2, 0.25) is 0 Å². The lowest BCUT2D eigenvalue weighted by Crippen LogP contribution is -2.50. The molecule has 2 aromatic rings. The molecule has 1 aromatic carbocycles. The van der Waals surface area contributed by atoms with Crippen molar-refractivity contribution in [1.82, 2.24) is 14.5 Å². The Morgan fingerprint density at radius 3 is 2.46 bits per heavy atom. The first-order valence-electron chi connectivity index (χ1n) is 9.47. The van der Waals surface area contributed by atoms with E-state index >= 15 is 0 Å². The Bertz CT molecular complexity index is 949. The van der Waals surface area contributed by atoms with Crippen molar-refractivity contribution in [3.63, 3.8) is 0 Å². The van der Waals surface area contributed by atoms with E-state index in [4.69, 9.17) is 9.47 Å². The number of fused-ring (bicyclic) bond motifs is 1. The van der Waals surface area contributed by atoms with Crippen molar-refractivity contribution >= 4 is 22.8 Å². The zero-order valence-corrected chi connectivity index (χ0v) is 16.3. The van der Waals surface area contributed by atoms with Gasteiger partial charge in [0.05, 0.1) is 36.0 Å². The zero-order valence-electron chi connectivity index (χ0n) is 16.3. The smallest absolute Gasteiger partial charge is 0.410 e. The van der Waals surface area contributed by atoms with E-state index < -0.39 is 11.4 Å². The van der Waals surface area contributed by atoms with Gasteiger partial charge in [-0.25, -0.2) is 14.0 Å². The molecule has 0 saturated carbocycles. The molecule has 4 rings (SSSR count). The minimum Gasteiger partial charge on any atom is -0.444 e. The van der Waals surface area contributed by atoms with Gasteiger partial charge in [0.1, 0.15) is 11.4 Å². The number of anilines is 1. The van der Waals surface area contributed by atoms with Crippen molar-refractivity contribution in [2.45, 2.75) is 32.4 Å². The highest BCUT2D eigenvalue weighted by molar-refractivity contribution is 5.80. The van der Waals surface area contributed by atoms with Crippen molar-refractivity contribution < 1.29 is 18.7 Å². The number of hydrogen-bond acceptors (Lipinski definition) is 5. The molecule has 2 fully saturated rings. The van der Waals surface area contributed by atoms with E-state index in [9.17, 15) is 14.0 Å². The summed E-state index contributed by atoms with van der Waals surface area (Å²) >= 11 is 0. The van der Waals surface area contributed by atoms with Crippen LogP contribution in [0, 0.1) is 5.82 Å². The second-order valence-corrected chi connectivity index (χ2v) is 8.27. The quantitative estimate of drug-likeness (QED) is 0.847. The summed E-state index contributed by atoms with van der Waals surface area (Å²) in [5.41, 5.74) is 0.780. The lowest BCUT2D eigenvalue weighted by Gasteiger charge is -2.37. The Labute approximate surface area is 161 Å². The number of carbonyl (C=O) groups excluding carboxylic acids is 1. The topological polar surface area (TPSA) is 79.8 Å². The van der Waals surface area contributed by atoms with E-state index in [1.165, 1.54) is 6.07 Å². The molecule has 28 heavy (non-hydrogen) atoms. The van der Waals surface area contributed by atoms with E-state index in [0.717, 1.165) is 0 Å². The molecule has 2 aliphatic heterocycles. The zero-order chi connectivity index (χ0) is 20.1. The van der Waals surface area contributed by atoms with Gasteiger partial charge in [-0.05, 0) is 26.8 Å². The second-order valence-electron chi connectivity index (χ2n) is 8.27. The average molecular weight is 392 g/mol. The minimum atomic E-state index is -0.547. The maximum atomic E-state index is 14.7. The standard InChI is InChI=1S/C19H25FN4O4/c1-19(2,3)28-18(26)23-6-4-22(5-7-23)15-9-16-14(8-13(15)20)21-17(25)24(16)12-10-27-11-12/h8-9,12H,4-7,10-11H2,1-3H3,(H,21,25). The number of rotatable bonds is 2. The third-order valence-corrected chi connectivity index (χ3v) is 5.04. The number of carbonyl (C=O) groups is 1. The van der Waals surface area contributed by atoms with E-state index in [1.54, 1.807) is 15.5 Å². The fraction of sp³-hybridized carbons (Fsp3) is 0.579. The summed E-state index contributed by atoms with van der Waals surface area (Å²) in [4.78, 5) is 30.7. The van der Waals surface area contributed by atoms with Gasteiger partial charge < -0.3 is 24.3 Å². The fourth-order valence-electron chi connectivity index (χ4n) is 3.57. The molecule has 0 aliphatic carbocycles. The van der Waals surface area contributed by atoms with E-state index in [1.807, 2.05) is 25.7 Å². The molecule has 9 heteroatoms. The number of aromatic nitrogens is 2. The van der Waals surface area contributed by atoms with Crippen LogP contribution in [-0.2, 0) is 9.47 Å². The Kier molecular flexibility index (Phi) is 4.57. The molecule has 2 aliphatic rings. The molecule has 0 unspecified atom stereocenters. The maximum absolute atomic E-state index is 14.7. The minimum absolute atomic E-state index is 0.0245. The summed E-state index contributed by atoms with van der Waals surface area (Å²) in [6, 6.07) is 3.05. The van der Waals surface area contributed by atoms with E-state index in [0.29, 0.717) is 56.1 Å². The SMILES string of the molecule is CC(C)(C)OC(=O)N1CCN(c2cc3c(cc2F)[nH]c(=O)n3C2COC2)CC1. The monoisotopic (exact) mass is 392 g/mol. The number of H-pyrrole nitrogens is 1. The molecule has 1 N–H and O–H groups in total. The number of halogens is 1. The Balaban J connectivity index is 1.54. The molecule has 2 saturated heterocycles. The van der Waals surface area contributed by atoms with Crippen LogP contribution in [0.15, 0.2) is 16.9 Å². The van der Waals surface area contributed by atoms with Crippen LogP contribution in [-0.4, -0.2) is 65.5 Å². The highest BCUT2D eigenvalue weighted by Gasteiger charge is 2.29.